The average molecular weight is 311 g/mol. The molecule has 1 N–H and O–H groups in total. The van der Waals surface area contributed by atoms with Crippen LogP contribution in [0.4, 0.5) is 8.78 Å². The number of carboxylic acids is 1. The zero-order valence-electron chi connectivity index (χ0n) is 11.7. The van der Waals surface area contributed by atoms with Crippen molar-refractivity contribution in [1.29, 1.82) is 0 Å². The summed E-state index contributed by atoms with van der Waals surface area (Å²) in [6.07, 6.45) is 0.785. The van der Waals surface area contributed by atoms with E-state index in [0.717, 1.165) is 17.4 Å². The maximum atomic E-state index is 13.2. The second-order valence-corrected chi connectivity index (χ2v) is 6.32. The van der Waals surface area contributed by atoms with E-state index in [9.17, 15) is 18.7 Å². The predicted octanol–water partition coefficient (Wildman–Crippen LogP) is 3.91. The fourth-order valence-corrected chi connectivity index (χ4v) is 3.02. The number of benzene rings is 1. The molecule has 0 unspecified atom stereocenters. The van der Waals surface area contributed by atoms with Crippen molar-refractivity contribution in [3.05, 3.63) is 51.0 Å². The number of nitrogens with zero attached hydrogens (tertiary/aromatic N) is 1. The van der Waals surface area contributed by atoms with E-state index in [1.54, 1.807) is 0 Å². The van der Waals surface area contributed by atoms with Gasteiger partial charge in [0.15, 0.2) is 0 Å². The van der Waals surface area contributed by atoms with Crippen LogP contribution in [0.25, 0.3) is 0 Å². The van der Waals surface area contributed by atoms with Gasteiger partial charge in [0, 0.05) is 12.5 Å². The summed E-state index contributed by atoms with van der Waals surface area (Å²) in [5.41, 5.74) is 0.976. The molecule has 1 aromatic carbocycles. The molecule has 0 bridgehead atoms. The van der Waals surface area contributed by atoms with E-state index in [-0.39, 0.29) is 17.2 Å². The standard InChI is InChI=1S/C15H15F2NO2S/c1-8(2)3-12-14(15(19)20)21-13(18-12)6-9-4-10(16)7-11(17)5-9/h4-5,7-8H,3,6H2,1-2H3,(H,19,20). The first-order valence-electron chi connectivity index (χ1n) is 6.52. The third kappa shape index (κ3) is 4.07. The van der Waals surface area contributed by atoms with Gasteiger partial charge in [0.25, 0.3) is 0 Å². The molecule has 1 aromatic heterocycles. The molecule has 0 radical (unpaired) electrons. The van der Waals surface area contributed by atoms with Crippen molar-refractivity contribution >= 4 is 17.3 Å². The molecule has 0 saturated carbocycles. The number of halogens is 2. The Kier molecular flexibility index (Phi) is 4.67. The molecule has 0 amide bonds. The molecule has 2 rings (SSSR count). The number of carbonyl (C=O) groups is 1. The van der Waals surface area contributed by atoms with Crippen LogP contribution >= 0.6 is 11.3 Å². The maximum absolute atomic E-state index is 13.2. The minimum atomic E-state index is -1.01. The van der Waals surface area contributed by atoms with Crippen LogP contribution in [-0.4, -0.2) is 16.1 Å². The van der Waals surface area contributed by atoms with E-state index in [1.807, 2.05) is 13.8 Å². The highest BCUT2D eigenvalue weighted by Gasteiger charge is 2.18. The Labute approximate surface area is 125 Å². The molecule has 0 aliphatic rings. The van der Waals surface area contributed by atoms with Crippen molar-refractivity contribution in [3.63, 3.8) is 0 Å². The highest BCUT2D eigenvalue weighted by atomic mass is 32.1. The van der Waals surface area contributed by atoms with Crippen LogP contribution in [0.15, 0.2) is 18.2 Å². The first kappa shape index (κ1) is 15.6. The maximum Gasteiger partial charge on any atom is 0.347 e. The molecule has 0 aliphatic carbocycles. The normalized spacial score (nSPS) is 11.1. The fourth-order valence-electron chi connectivity index (χ4n) is 2.06. The van der Waals surface area contributed by atoms with Gasteiger partial charge in [-0.3, -0.25) is 0 Å². The molecular weight excluding hydrogens is 296 g/mol. The summed E-state index contributed by atoms with van der Waals surface area (Å²) < 4.78 is 26.3. The highest BCUT2D eigenvalue weighted by Crippen LogP contribution is 2.24. The van der Waals surface area contributed by atoms with Gasteiger partial charge in [0.2, 0.25) is 0 Å². The first-order chi connectivity index (χ1) is 9.85. The number of hydrogen-bond acceptors (Lipinski definition) is 3. The quantitative estimate of drug-likeness (QED) is 0.911. The fraction of sp³-hybridized carbons (Fsp3) is 0.333. The minimum Gasteiger partial charge on any atom is -0.477 e. The van der Waals surface area contributed by atoms with E-state index in [1.165, 1.54) is 12.1 Å². The average Bonchev–Trinajstić information content (AvgIpc) is 2.69. The zero-order chi connectivity index (χ0) is 15.6. The van der Waals surface area contributed by atoms with Gasteiger partial charge in [-0.1, -0.05) is 13.8 Å². The van der Waals surface area contributed by atoms with Gasteiger partial charge in [0.05, 0.1) is 10.7 Å². The van der Waals surface area contributed by atoms with Crippen molar-refractivity contribution in [1.82, 2.24) is 4.98 Å². The van der Waals surface area contributed by atoms with Crippen LogP contribution in [0.2, 0.25) is 0 Å². The summed E-state index contributed by atoms with van der Waals surface area (Å²) in [6, 6.07) is 3.26. The second kappa shape index (κ2) is 6.30. The lowest BCUT2D eigenvalue weighted by atomic mass is 10.1. The minimum absolute atomic E-state index is 0.204. The van der Waals surface area contributed by atoms with Gasteiger partial charge in [-0.15, -0.1) is 11.3 Å². The van der Waals surface area contributed by atoms with Gasteiger partial charge < -0.3 is 5.11 Å². The lowest BCUT2D eigenvalue weighted by molar-refractivity contribution is 0.0700. The molecule has 1 heterocycles. The van der Waals surface area contributed by atoms with E-state index in [2.05, 4.69) is 4.98 Å². The molecule has 0 aliphatic heterocycles. The van der Waals surface area contributed by atoms with Crippen molar-refractivity contribution < 1.29 is 18.7 Å². The molecule has 0 saturated heterocycles. The van der Waals surface area contributed by atoms with E-state index >= 15 is 0 Å². The Balaban J connectivity index is 2.29. The van der Waals surface area contributed by atoms with E-state index < -0.39 is 17.6 Å². The number of hydrogen-bond donors (Lipinski definition) is 1. The van der Waals surface area contributed by atoms with Crippen molar-refractivity contribution in [2.24, 2.45) is 5.92 Å². The smallest absolute Gasteiger partial charge is 0.347 e. The Bertz CT molecular complexity index is 647. The SMILES string of the molecule is CC(C)Cc1nc(Cc2cc(F)cc(F)c2)sc1C(=O)O. The van der Waals surface area contributed by atoms with Crippen LogP contribution in [0.5, 0.6) is 0 Å². The summed E-state index contributed by atoms with van der Waals surface area (Å²) in [5.74, 6) is -2.03. The van der Waals surface area contributed by atoms with Gasteiger partial charge >= 0.3 is 5.97 Å². The monoisotopic (exact) mass is 311 g/mol. The third-order valence-electron chi connectivity index (χ3n) is 2.82. The molecular formula is C15H15F2NO2S. The van der Waals surface area contributed by atoms with Crippen LogP contribution in [0.3, 0.4) is 0 Å². The van der Waals surface area contributed by atoms with Crippen molar-refractivity contribution in [3.8, 4) is 0 Å². The van der Waals surface area contributed by atoms with Gasteiger partial charge in [-0.25, -0.2) is 18.6 Å². The number of aromatic nitrogens is 1. The molecule has 0 spiro atoms. The molecule has 2 aromatic rings. The Morgan fingerprint density at radius 1 is 1.29 bits per heavy atom. The Morgan fingerprint density at radius 2 is 1.90 bits per heavy atom. The summed E-state index contributed by atoms with van der Waals surface area (Å²) in [5, 5.41) is 9.75. The number of aromatic carboxylic acids is 1. The van der Waals surface area contributed by atoms with Gasteiger partial charge in [-0.2, -0.15) is 0 Å². The number of thiazole rings is 1. The summed E-state index contributed by atoms with van der Waals surface area (Å²) >= 11 is 1.06. The lowest BCUT2D eigenvalue weighted by Crippen LogP contribution is -2.02. The molecule has 0 fully saturated rings. The zero-order valence-corrected chi connectivity index (χ0v) is 12.5. The predicted molar refractivity (Wildman–Crippen MR) is 76.8 cm³/mol. The van der Waals surface area contributed by atoms with Gasteiger partial charge in [0.1, 0.15) is 16.5 Å². The lowest BCUT2D eigenvalue weighted by Gasteiger charge is -2.01. The number of rotatable bonds is 5. The molecule has 112 valence electrons. The summed E-state index contributed by atoms with van der Waals surface area (Å²) in [7, 11) is 0. The van der Waals surface area contributed by atoms with E-state index in [0.29, 0.717) is 22.7 Å². The van der Waals surface area contributed by atoms with Crippen LogP contribution in [-0.2, 0) is 12.8 Å². The second-order valence-electron chi connectivity index (χ2n) is 5.24. The Hall–Kier alpha value is -1.82. The topological polar surface area (TPSA) is 50.2 Å². The highest BCUT2D eigenvalue weighted by molar-refractivity contribution is 7.13. The summed E-state index contributed by atoms with van der Waals surface area (Å²) in [6.45, 7) is 3.96. The summed E-state index contributed by atoms with van der Waals surface area (Å²) in [4.78, 5) is 15.8. The molecule has 0 atom stereocenters. The van der Waals surface area contributed by atoms with E-state index in [4.69, 9.17) is 0 Å². The first-order valence-corrected chi connectivity index (χ1v) is 7.33. The number of carboxylic acid groups (broad SMARTS) is 1. The van der Waals surface area contributed by atoms with Crippen molar-refractivity contribution in [2.75, 3.05) is 0 Å². The van der Waals surface area contributed by atoms with Crippen LogP contribution < -0.4 is 0 Å². The largest absolute Gasteiger partial charge is 0.477 e. The molecule has 3 nitrogen and oxygen atoms in total. The van der Waals surface area contributed by atoms with Crippen LogP contribution in [0.1, 0.15) is 39.8 Å². The molecule has 6 heteroatoms. The van der Waals surface area contributed by atoms with Crippen molar-refractivity contribution in [2.45, 2.75) is 26.7 Å². The van der Waals surface area contributed by atoms with Crippen LogP contribution in [0, 0.1) is 17.6 Å². The van der Waals surface area contributed by atoms with Gasteiger partial charge in [-0.05, 0) is 30.0 Å². The third-order valence-corrected chi connectivity index (χ3v) is 3.90. The Morgan fingerprint density at radius 3 is 2.43 bits per heavy atom. The molecule has 21 heavy (non-hydrogen) atoms.